The third-order valence-electron chi connectivity index (χ3n) is 3.50. The van der Waals surface area contributed by atoms with Crippen molar-refractivity contribution in [3.63, 3.8) is 0 Å². The van der Waals surface area contributed by atoms with E-state index in [2.05, 4.69) is 0 Å². The van der Waals surface area contributed by atoms with Crippen molar-refractivity contribution in [3.8, 4) is 0 Å². The number of aliphatic hydroxyl groups excluding tert-OH is 1. The number of aliphatic hydroxyl groups is 1. The van der Waals surface area contributed by atoms with Gasteiger partial charge in [-0.3, -0.25) is 4.79 Å². The van der Waals surface area contributed by atoms with Crippen molar-refractivity contribution in [2.75, 3.05) is 7.11 Å². The first-order valence-electron chi connectivity index (χ1n) is 7.73. The van der Waals surface area contributed by atoms with E-state index >= 15 is 0 Å². The number of methoxy groups -OCH3 is 1. The summed E-state index contributed by atoms with van der Waals surface area (Å²) < 4.78 is 11.8. The first kappa shape index (κ1) is 18.0. The van der Waals surface area contributed by atoms with Crippen molar-refractivity contribution in [2.45, 2.75) is 45.9 Å². The smallest absolute Gasteiger partial charge is 0.337 e. The van der Waals surface area contributed by atoms with Crippen LogP contribution < -0.4 is 0 Å². The number of carbonyl (C=O) groups excluding carboxylic acids is 2. The molecule has 1 N–H and O–H groups in total. The second kappa shape index (κ2) is 6.65. The largest absolute Gasteiger partial charge is 0.465 e. The standard InChI is InChI=1S/C18H23NO5/c1-11(20)14-9-19(10-16(21)24-18(2,3)4)15-7-6-12(8-13(14)15)17(22)23-5/h6-9,11,20H,10H2,1-5H3. The lowest BCUT2D eigenvalue weighted by atomic mass is 10.1. The monoisotopic (exact) mass is 333 g/mol. The number of benzene rings is 1. The van der Waals surface area contributed by atoms with E-state index < -0.39 is 17.7 Å². The van der Waals surface area contributed by atoms with Crippen molar-refractivity contribution >= 4 is 22.8 Å². The molecule has 2 aromatic rings. The fourth-order valence-corrected chi connectivity index (χ4v) is 2.55. The molecule has 1 aromatic heterocycles. The summed E-state index contributed by atoms with van der Waals surface area (Å²) in [5.41, 5.74) is 1.20. The molecule has 0 bridgehead atoms. The van der Waals surface area contributed by atoms with Crippen LogP contribution in [0.5, 0.6) is 0 Å². The molecular formula is C18H23NO5. The fourth-order valence-electron chi connectivity index (χ4n) is 2.55. The van der Waals surface area contributed by atoms with E-state index in [1.807, 2.05) is 20.8 Å². The minimum Gasteiger partial charge on any atom is -0.465 e. The summed E-state index contributed by atoms with van der Waals surface area (Å²) in [7, 11) is 1.32. The van der Waals surface area contributed by atoms with Crippen LogP contribution in [0.1, 0.15) is 49.7 Å². The second-order valence-electron chi connectivity index (χ2n) is 6.70. The number of rotatable bonds is 4. The summed E-state index contributed by atoms with van der Waals surface area (Å²) in [6, 6.07) is 5.03. The van der Waals surface area contributed by atoms with Gasteiger partial charge in [0.1, 0.15) is 12.1 Å². The van der Waals surface area contributed by atoms with Gasteiger partial charge in [-0.05, 0) is 45.9 Å². The van der Waals surface area contributed by atoms with Gasteiger partial charge in [-0.1, -0.05) is 0 Å². The third kappa shape index (κ3) is 3.94. The number of hydrogen-bond acceptors (Lipinski definition) is 5. The number of aromatic nitrogens is 1. The van der Waals surface area contributed by atoms with E-state index in [4.69, 9.17) is 9.47 Å². The number of nitrogens with zero attached hydrogens (tertiary/aromatic N) is 1. The van der Waals surface area contributed by atoms with Gasteiger partial charge in [0.05, 0.1) is 18.8 Å². The molecule has 0 fully saturated rings. The highest BCUT2D eigenvalue weighted by atomic mass is 16.6. The minimum atomic E-state index is -0.736. The van der Waals surface area contributed by atoms with E-state index in [1.54, 1.807) is 35.9 Å². The van der Waals surface area contributed by atoms with Gasteiger partial charge in [-0.25, -0.2) is 4.79 Å². The summed E-state index contributed by atoms with van der Waals surface area (Å²) in [6.45, 7) is 7.09. The Morgan fingerprint density at radius 3 is 2.50 bits per heavy atom. The third-order valence-corrected chi connectivity index (χ3v) is 3.50. The van der Waals surface area contributed by atoms with Crippen LogP contribution in [0, 0.1) is 0 Å². The predicted octanol–water partition coefficient (Wildman–Crippen LogP) is 2.82. The first-order valence-corrected chi connectivity index (χ1v) is 7.73. The predicted molar refractivity (Wildman–Crippen MR) is 89.8 cm³/mol. The molecule has 0 spiro atoms. The average molecular weight is 333 g/mol. The van der Waals surface area contributed by atoms with Gasteiger partial charge in [-0.15, -0.1) is 0 Å². The zero-order chi connectivity index (χ0) is 18.1. The van der Waals surface area contributed by atoms with Crippen molar-refractivity contribution in [2.24, 2.45) is 0 Å². The molecule has 1 aromatic carbocycles. The summed E-state index contributed by atoms with van der Waals surface area (Å²) >= 11 is 0. The van der Waals surface area contributed by atoms with Crippen molar-refractivity contribution < 1.29 is 24.2 Å². The van der Waals surface area contributed by atoms with Gasteiger partial charge in [0.2, 0.25) is 0 Å². The highest BCUT2D eigenvalue weighted by Gasteiger charge is 2.20. The van der Waals surface area contributed by atoms with Crippen molar-refractivity contribution in [1.82, 2.24) is 4.57 Å². The Morgan fingerprint density at radius 2 is 1.96 bits per heavy atom. The topological polar surface area (TPSA) is 77.8 Å². The minimum absolute atomic E-state index is 0.0259. The quantitative estimate of drug-likeness (QED) is 0.871. The van der Waals surface area contributed by atoms with E-state index in [9.17, 15) is 14.7 Å². The highest BCUT2D eigenvalue weighted by Crippen LogP contribution is 2.28. The van der Waals surface area contributed by atoms with Crippen LogP contribution in [-0.2, 0) is 20.8 Å². The van der Waals surface area contributed by atoms with E-state index in [1.165, 1.54) is 7.11 Å². The molecule has 6 nitrogen and oxygen atoms in total. The molecule has 130 valence electrons. The Bertz CT molecular complexity index is 768. The summed E-state index contributed by atoms with van der Waals surface area (Å²) in [6.07, 6.45) is 0.973. The fraction of sp³-hybridized carbons (Fsp3) is 0.444. The molecule has 1 heterocycles. The Morgan fingerprint density at radius 1 is 1.29 bits per heavy atom. The van der Waals surface area contributed by atoms with Gasteiger partial charge in [0.25, 0.3) is 0 Å². The molecule has 0 aliphatic rings. The van der Waals surface area contributed by atoms with Gasteiger partial charge in [0, 0.05) is 22.7 Å². The SMILES string of the molecule is COC(=O)c1ccc2c(c1)c(C(C)O)cn2CC(=O)OC(C)(C)C. The maximum atomic E-state index is 12.1. The van der Waals surface area contributed by atoms with E-state index in [0.29, 0.717) is 16.5 Å². The van der Waals surface area contributed by atoms with Gasteiger partial charge >= 0.3 is 11.9 Å². The molecule has 1 atom stereocenters. The van der Waals surface area contributed by atoms with Crippen LogP contribution >= 0.6 is 0 Å². The van der Waals surface area contributed by atoms with E-state index in [0.717, 1.165) is 5.52 Å². The summed E-state index contributed by atoms with van der Waals surface area (Å²) in [5.74, 6) is -0.818. The Kier molecular flexibility index (Phi) is 4.99. The molecule has 0 aliphatic carbocycles. The lowest BCUT2D eigenvalue weighted by Gasteiger charge is -2.19. The van der Waals surface area contributed by atoms with Crippen LogP contribution in [0.4, 0.5) is 0 Å². The van der Waals surface area contributed by atoms with Crippen molar-refractivity contribution in [1.29, 1.82) is 0 Å². The molecule has 2 rings (SSSR count). The number of carbonyl (C=O) groups is 2. The van der Waals surface area contributed by atoms with E-state index in [-0.39, 0.29) is 12.5 Å². The van der Waals surface area contributed by atoms with Crippen LogP contribution in [-0.4, -0.2) is 34.3 Å². The lowest BCUT2D eigenvalue weighted by molar-refractivity contribution is -0.155. The molecule has 24 heavy (non-hydrogen) atoms. The maximum Gasteiger partial charge on any atom is 0.337 e. The zero-order valence-corrected chi connectivity index (χ0v) is 14.6. The molecular weight excluding hydrogens is 310 g/mol. The molecule has 0 saturated heterocycles. The van der Waals surface area contributed by atoms with Gasteiger partial charge in [-0.2, -0.15) is 0 Å². The first-order chi connectivity index (χ1) is 11.1. The summed E-state index contributed by atoms with van der Waals surface area (Å²) in [4.78, 5) is 23.8. The zero-order valence-electron chi connectivity index (χ0n) is 14.6. The second-order valence-corrected chi connectivity index (χ2v) is 6.70. The Hall–Kier alpha value is -2.34. The number of fused-ring (bicyclic) bond motifs is 1. The van der Waals surface area contributed by atoms with Gasteiger partial charge in [0.15, 0.2) is 0 Å². The molecule has 1 unspecified atom stereocenters. The summed E-state index contributed by atoms with van der Waals surface area (Å²) in [5, 5.41) is 10.7. The Labute approximate surface area is 141 Å². The van der Waals surface area contributed by atoms with Crippen LogP contribution in [0.15, 0.2) is 24.4 Å². The Balaban J connectivity index is 2.44. The number of ether oxygens (including phenoxy) is 2. The molecule has 6 heteroatoms. The van der Waals surface area contributed by atoms with Crippen molar-refractivity contribution in [3.05, 3.63) is 35.5 Å². The molecule has 0 saturated carbocycles. The average Bonchev–Trinajstić information content (AvgIpc) is 2.82. The number of esters is 2. The highest BCUT2D eigenvalue weighted by molar-refractivity contribution is 5.96. The molecule has 0 radical (unpaired) electrons. The molecule has 0 amide bonds. The molecule has 0 aliphatic heterocycles. The number of hydrogen-bond donors (Lipinski definition) is 1. The van der Waals surface area contributed by atoms with Crippen LogP contribution in [0.25, 0.3) is 10.9 Å². The normalized spacial score (nSPS) is 12.9. The van der Waals surface area contributed by atoms with Crippen LogP contribution in [0.2, 0.25) is 0 Å². The van der Waals surface area contributed by atoms with Gasteiger partial charge < -0.3 is 19.1 Å². The van der Waals surface area contributed by atoms with Crippen LogP contribution in [0.3, 0.4) is 0 Å². The lowest BCUT2D eigenvalue weighted by Crippen LogP contribution is -2.26. The maximum absolute atomic E-state index is 12.1.